The third-order valence-electron chi connectivity index (χ3n) is 3.84. The van der Waals surface area contributed by atoms with Crippen LogP contribution in [0.3, 0.4) is 0 Å². The Kier molecular flexibility index (Phi) is 5.08. The van der Waals surface area contributed by atoms with E-state index in [9.17, 15) is 0 Å². The van der Waals surface area contributed by atoms with Crippen molar-refractivity contribution < 1.29 is 0 Å². The minimum absolute atomic E-state index is 0.744. The zero-order valence-electron chi connectivity index (χ0n) is 12.1. The fourth-order valence-electron chi connectivity index (χ4n) is 2.97. The molecule has 1 aliphatic heterocycles. The summed E-state index contributed by atoms with van der Waals surface area (Å²) in [5.74, 6) is 0.744. The van der Waals surface area contributed by atoms with Gasteiger partial charge in [-0.15, -0.1) is 0 Å². The van der Waals surface area contributed by atoms with E-state index in [2.05, 4.69) is 35.3 Å². The highest BCUT2D eigenvalue weighted by Gasteiger charge is 2.22. The number of hydrogen-bond acceptors (Lipinski definition) is 3. The molecular weight excluding hydrogens is 258 g/mol. The molecule has 1 fully saturated rings. The molecule has 0 aliphatic carbocycles. The lowest BCUT2D eigenvalue weighted by atomic mass is 10.1. The number of nitrogens with zero attached hydrogens (tertiary/aromatic N) is 2. The molecule has 2 rings (SSSR count). The first kappa shape index (κ1) is 14.6. The standard InChI is InChI=1S/C15H24ClN3/c1-17-9-13-5-4-6-14(16)15(13)19(3)11-12-7-8-18(2)10-12/h4-6,12,17H,7-11H2,1-3H3. The Balaban J connectivity index is 2.11. The van der Waals surface area contributed by atoms with Gasteiger partial charge in [-0.2, -0.15) is 0 Å². The molecule has 0 amide bonds. The Labute approximate surface area is 121 Å². The van der Waals surface area contributed by atoms with E-state index < -0.39 is 0 Å². The predicted molar refractivity (Wildman–Crippen MR) is 83.1 cm³/mol. The second kappa shape index (κ2) is 6.60. The van der Waals surface area contributed by atoms with Crippen LogP contribution < -0.4 is 10.2 Å². The molecule has 4 heteroatoms. The molecule has 0 saturated carbocycles. The van der Waals surface area contributed by atoms with E-state index in [-0.39, 0.29) is 0 Å². The van der Waals surface area contributed by atoms with Crippen LogP contribution in [0.4, 0.5) is 5.69 Å². The van der Waals surface area contributed by atoms with Crippen LogP contribution >= 0.6 is 11.6 Å². The quantitative estimate of drug-likeness (QED) is 0.894. The van der Waals surface area contributed by atoms with Crippen LogP contribution in [0.5, 0.6) is 0 Å². The number of benzene rings is 1. The number of nitrogens with one attached hydrogen (secondary N) is 1. The zero-order valence-corrected chi connectivity index (χ0v) is 12.9. The first-order valence-corrected chi connectivity index (χ1v) is 7.31. The summed E-state index contributed by atoms with van der Waals surface area (Å²) in [6.45, 7) is 4.33. The van der Waals surface area contributed by atoms with E-state index in [1.54, 1.807) is 0 Å². The molecule has 1 unspecified atom stereocenters. The maximum absolute atomic E-state index is 6.39. The Morgan fingerprint density at radius 3 is 2.89 bits per heavy atom. The van der Waals surface area contributed by atoms with Crippen molar-refractivity contribution in [2.75, 3.05) is 45.7 Å². The molecule has 1 atom stereocenters. The summed E-state index contributed by atoms with van der Waals surface area (Å²) in [7, 11) is 6.32. The molecular formula is C15H24ClN3. The Morgan fingerprint density at radius 2 is 2.26 bits per heavy atom. The normalized spacial score (nSPS) is 19.9. The monoisotopic (exact) mass is 281 g/mol. The van der Waals surface area contributed by atoms with Crippen molar-refractivity contribution in [3.05, 3.63) is 28.8 Å². The van der Waals surface area contributed by atoms with Gasteiger partial charge in [-0.05, 0) is 44.6 Å². The lowest BCUT2D eigenvalue weighted by molar-refractivity contribution is 0.396. The summed E-state index contributed by atoms with van der Waals surface area (Å²) < 4.78 is 0. The van der Waals surface area contributed by atoms with E-state index in [4.69, 9.17) is 11.6 Å². The fraction of sp³-hybridized carbons (Fsp3) is 0.600. The smallest absolute Gasteiger partial charge is 0.0642 e. The Hall–Kier alpha value is -0.770. The minimum Gasteiger partial charge on any atom is -0.373 e. The molecule has 0 aromatic heterocycles. The molecule has 1 aromatic carbocycles. The summed E-state index contributed by atoms with van der Waals surface area (Å²) in [5, 5.41) is 4.06. The molecule has 106 valence electrons. The van der Waals surface area contributed by atoms with Gasteiger partial charge >= 0.3 is 0 Å². The summed E-state index contributed by atoms with van der Waals surface area (Å²) in [5.41, 5.74) is 2.44. The van der Waals surface area contributed by atoms with Gasteiger partial charge in [0.15, 0.2) is 0 Å². The molecule has 1 saturated heterocycles. The van der Waals surface area contributed by atoms with Crippen LogP contribution in [-0.4, -0.2) is 45.7 Å². The topological polar surface area (TPSA) is 18.5 Å². The van der Waals surface area contributed by atoms with Gasteiger partial charge in [0.25, 0.3) is 0 Å². The first-order valence-electron chi connectivity index (χ1n) is 6.93. The van der Waals surface area contributed by atoms with Crippen LogP contribution in [0, 0.1) is 5.92 Å². The number of halogens is 1. The van der Waals surface area contributed by atoms with Gasteiger partial charge in [-0.3, -0.25) is 0 Å². The van der Waals surface area contributed by atoms with Crippen molar-refractivity contribution in [3.63, 3.8) is 0 Å². The van der Waals surface area contributed by atoms with Gasteiger partial charge in [-0.1, -0.05) is 23.7 Å². The Morgan fingerprint density at radius 1 is 1.47 bits per heavy atom. The molecule has 1 aliphatic rings. The third kappa shape index (κ3) is 3.62. The molecule has 19 heavy (non-hydrogen) atoms. The van der Waals surface area contributed by atoms with E-state index >= 15 is 0 Å². The maximum Gasteiger partial charge on any atom is 0.0642 e. The van der Waals surface area contributed by atoms with Crippen LogP contribution in [-0.2, 0) is 6.54 Å². The minimum atomic E-state index is 0.744. The average molecular weight is 282 g/mol. The van der Waals surface area contributed by atoms with Gasteiger partial charge < -0.3 is 15.1 Å². The van der Waals surface area contributed by atoms with Crippen LogP contribution in [0.2, 0.25) is 5.02 Å². The van der Waals surface area contributed by atoms with E-state index in [1.807, 2.05) is 19.2 Å². The van der Waals surface area contributed by atoms with Gasteiger partial charge in [0, 0.05) is 26.7 Å². The average Bonchev–Trinajstić information content (AvgIpc) is 2.75. The van der Waals surface area contributed by atoms with Crippen LogP contribution in [0.15, 0.2) is 18.2 Å². The van der Waals surface area contributed by atoms with E-state index in [1.165, 1.54) is 30.8 Å². The van der Waals surface area contributed by atoms with Crippen molar-refractivity contribution in [1.82, 2.24) is 10.2 Å². The highest BCUT2D eigenvalue weighted by Crippen LogP contribution is 2.30. The Bertz CT molecular complexity index is 422. The van der Waals surface area contributed by atoms with Crippen molar-refractivity contribution >= 4 is 17.3 Å². The highest BCUT2D eigenvalue weighted by atomic mass is 35.5. The summed E-state index contributed by atoms with van der Waals surface area (Å²) >= 11 is 6.39. The SMILES string of the molecule is CNCc1cccc(Cl)c1N(C)CC1CCN(C)C1. The first-order chi connectivity index (χ1) is 9.11. The molecule has 1 heterocycles. The van der Waals surface area contributed by atoms with Crippen molar-refractivity contribution in [2.24, 2.45) is 5.92 Å². The fourth-order valence-corrected chi connectivity index (χ4v) is 3.31. The molecule has 0 spiro atoms. The van der Waals surface area contributed by atoms with Crippen molar-refractivity contribution in [1.29, 1.82) is 0 Å². The second-order valence-electron chi connectivity index (χ2n) is 5.58. The molecule has 1 aromatic rings. The predicted octanol–water partition coefficient (Wildman–Crippen LogP) is 2.45. The summed E-state index contributed by atoms with van der Waals surface area (Å²) in [6, 6.07) is 6.15. The second-order valence-corrected chi connectivity index (χ2v) is 5.98. The number of anilines is 1. The van der Waals surface area contributed by atoms with Gasteiger partial charge in [0.2, 0.25) is 0 Å². The lowest BCUT2D eigenvalue weighted by Crippen LogP contribution is -2.28. The van der Waals surface area contributed by atoms with Crippen LogP contribution in [0.25, 0.3) is 0 Å². The lowest BCUT2D eigenvalue weighted by Gasteiger charge is -2.26. The van der Waals surface area contributed by atoms with E-state index in [0.29, 0.717) is 0 Å². The number of para-hydroxylation sites is 1. The van der Waals surface area contributed by atoms with Crippen molar-refractivity contribution in [3.8, 4) is 0 Å². The molecule has 0 radical (unpaired) electrons. The van der Waals surface area contributed by atoms with Gasteiger partial charge in [0.1, 0.15) is 0 Å². The number of likely N-dealkylation sites (tertiary alicyclic amines) is 1. The summed E-state index contributed by atoms with van der Waals surface area (Å²) in [4.78, 5) is 4.72. The number of hydrogen-bond donors (Lipinski definition) is 1. The van der Waals surface area contributed by atoms with Crippen molar-refractivity contribution in [2.45, 2.75) is 13.0 Å². The molecule has 3 nitrogen and oxygen atoms in total. The highest BCUT2D eigenvalue weighted by molar-refractivity contribution is 6.33. The van der Waals surface area contributed by atoms with Gasteiger partial charge in [0.05, 0.1) is 10.7 Å². The van der Waals surface area contributed by atoms with Gasteiger partial charge in [-0.25, -0.2) is 0 Å². The van der Waals surface area contributed by atoms with Crippen LogP contribution in [0.1, 0.15) is 12.0 Å². The molecule has 1 N–H and O–H groups in total. The third-order valence-corrected chi connectivity index (χ3v) is 4.15. The zero-order chi connectivity index (χ0) is 13.8. The maximum atomic E-state index is 6.39. The summed E-state index contributed by atoms with van der Waals surface area (Å²) in [6.07, 6.45) is 1.28. The largest absolute Gasteiger partial charge is 0.373 e. The van der Waals surface area contributed by atoms with E-state index in [0.717, 1.165) is 24.0 Å². The molecule has 0 bridgehead atoms. The number of rotatable bonds is 5.